The SMILES string of the molecule is CN1CCC[C@@H]1[C@@H]1CCCN1C(=O)[C@@H]1C[C@@H]1c1cccnc1. The highest BCUT2D eigenvalue weighted by Gasteiger charge is 2.49. The maximum atomic E-state index is 13.0. The Hall–Kier alpha value is -1.42. The lowest BCUT2D eigenvalue weighted by Gasteiger charge is -2.33. The molecule has 0 bridgehead atoms. The van der Waals surface area contributed by atoms with Crippen LogP contribution in [0.15, 0.2) is 24.5 Å². The summed E-state index contributed by atoms with van der Waals surface area (Å²) in [4.78, 5) is 21.8. The Morgan fingerprint density at radius 1 is 1.23 bits per heavy atom. The second-order valence-corrected chi connectivity index (χ2v) is 7.17. The molecule has 4 nitrogen and oxygen atoms in total. The summed E-state index contributed by atoms with van der Waals surface area (Å²) in [7, 11) is 2.22. The third-order valence-electron chi connectivity index (χ3n) is 5.82. The maximum absolute atomic E-state index is 13.0. The lowest BCUT2D eigenvalue weighted by molar-refractivity contribution is -0.134. The predicted octanol–water partition coefficient (Wildman–Crippen LogP) is 2.27. The normalized spacial score (nSPS) is 35.0. The van der Waals surface area contributed by atoms with Crippen molar-refractivity contribution in [2.24, 2.45) is 5.92 Å². The minimum absolute atomic E-state index is 0.205. The summed E-state index contributed by atoms with van der Waals surface area (Å²) >= 11 is 0. The minimum atomic E-state index is 0.205. The van der Waals surface area contributed by atoms with Crippen LogP contribution >= 0.6 is 0 Å². The van der Waals surface area contributed by atoms with E-state index in [0.29, 0.717) is 23.9 Å². The van der Waals surface area contributed by atoms with E-state index in [1.54, 1.807) is 6.20 Å². The van der Waals surface area contributed by atoms with Gasteiger partial charge in [-0.05, 0) is 63.2 Å². The summed E-state index contributed by atoms with van der Waals surface area (Å²) in [6, 6.07) is 5.12. The smallest absolute Gasteiger partial charge is 0.226 e. The van der Waals surface area contributed by atoms with E-state index < -0.39 is 0 Å². The fraction of sp³-hybridized carbons (Fsp3) is 0.667. The van der Waals surface area contributed by atoms with Crippen molar-refractivity contribution in [3.05, 3.63) is 30.1 Å². The number of likely N-dealkylation sites (N-methyl/N-ethyl adjacent to an activating group) is 1. The fourth-order valence-corrected chi connectivity index (χ4v) is 4.53. The third-order valence-corrected chi connectivity index (χ3v) is 5.82. The van der Waals surface area contributed by atoms with Crippen LogP contribution in [0.25, 0.3) is 0 Å². The molecule has 3 aliphatic rings. The van der Waals surface area contributed by atoms with Gasteiger partial charge < -0.3 is 9.80 Å². The van der Waals surface area contributed by atoms with Gasteiger partial charge in [0.25, 0.3) is 0 Å². The molecule has 2 saturated heterocycles. The van der Waals surface area contributed by atoms with Crippen LogP contribution in [0, 0.1) is 5.92 Å². The Morgan fingerprint density at radius 2 is 2.05 bits per heavy atom. The molecule has 1 amide bonds. The number of pyridine rings is 1. The Bertz CT molecular complexity index is 547. The van der Waals surface area contributed by atoms with E-state index in [4.69, 9.17) is 0 Å². The van der Waals surface area contributed by atoms with Gasteiger partial charge in [-0.25, -0.2) is 0 Å². The quantitative estimate of drug-likeness (QED) is 0.859. The number of likely N-dealkylation sites (tertiary alicyclic amines) is 2. The number of aromatic nitrogens is 1. The third kappa shape index (κ3) is 2.43. The average Bonchev–Trinajstić information content (AvgIpc) is 3.00. The highest BCUT2D eigenvalue weighted by Crippen LogP contribution is 2.49. The lowest BCUT2D eigenvalue weighted by atomic mass is 10.0. The predicted molar refractivity (Wildman–Crippen MR) is 85.5 cm³/mol. The molecule has 0 aromatic carbocycles. The molecule has 4 heteroatoms. The van der Waals surface area contributed by atoms with Crippen LogP contribution in [0.4, 0.5) is 0 Å². The second kappa shape index (κ2) is 5.65. The molecule has 0 spiro atoms. The van der Waals surface area contributed by atoms with Crippen molar-refractivity contribution in [1.29, 1.82) is 0 Å². The Balaban J connectivity index is 1.44. The molecule has 0 unspecified atom stereocenters. The number of carbonyl (C=O) groups excluding carboxylic acids is 1. The van der Waals surface area contributed by atoms with E-state index in [9.17, 15) is 4.79 Å². The van der Waals surface area contributed by atoms with Crippen molar-refractivity contribution in [2.75, 3.05) is 20.1 Å². The van der Waals surface area contributed by atoms with Crippen LogP contribution in [-0.4, -0.2) is 52.9 Å². The first-order valence-corrected chi connectivity index (χ1v) is 8.66. The highest BCUT2D eigenvalue weighted by atomic mass is 16.2. The summed E-state index contributed by atoms with van der Waals surface area (Å²) in [5, 5.41) is 0. The molecule has 118 valence electrons. The molecule has 3 heterocycles. The molecule has 4 atom stereocenters. The molecule has 1 saturated carbocycles. The van der Waals surface area contributed by atoms with Crippen molar-refractivity contribution >= 4 is 5.91 Å². The Kier molecular flexibility index (Phi) is 3.65. The monoisotopic (exact) mass is 299 g/mol. The van der Waals surface area contributed by atoms with E-state index >= 15 is 0 Å². The van der Waals surface area contributed by atoms with Crippen LogP contribution in [0.1, 0.15) is 43.6 Å². The Morgan fingerprint density at radius 3 is 2.77 bits per heavy atom. The van der Waals surface area contributed by atoms with Gasteiger partial charge in [0.05, 0.1) is 0 Å². The van der Waals surface area contributed by atoms with Crippen LogP contribution < -0.4 is 0 Å². The van der Waals surface area contributed by atoms with Crippen molar-refractivity contribution in [3.8, 4) is 0 Å². The molecular formula is C18H25N3O. The molecule has 1 aliphatic carbocycles. The molecule has 0 N–H and O–H groups in total. The summed E-state index contributed by atoms with van der Waals surface area (Å²) in [6.07, 6.45) is 9.62. The van der Waals surface area contributed by atoms with Gasteiger partial charge in [0.2, 0.25) is 5.91 Å². The van der Waals surface area contributed by atoms with Gasteiger partial charge in [0.15, 0.2) is 0 Å². The Labute approximate surface area is 132 Å². The molecule has 22 heavy (non-hydrogen) atoms. The fourth-order valence-electron chi connectivity index (χ4n) is 4.53. The van der Waals surface area contributed by atoms with Crippen LogP contribution in [0.2, 0.25) is 0 Å². The largest absolute Gasteiger partial charge is 0.338 e. The van der Waals surface area contributed by atoms with Gasteiger partial charge in [-0.15, -0.1) is 0 Å². The first-order chi connectivity index (χ1) is 10.8. The topological polar surface area (TPSA) is 36.4 Å². The summed E-state index contributed by atoms with van der Waals surface area (Å²) in [5.74, 6) is 1.01. The van der Waals surface area contributed by atoms with Crippen LogP contribution in [0.3, 0.4) is 0 Å². The van der Waals surface area contributed by atoms with Crippen molar-refractivity contribution in [2.45, 2.75) is 50.1 Å². The molecule has 1 aromatic heterocycles. The van der Waals surface area contributed by atoms with Crippen LogP contribution in [-0.2, 0) is 4.79 Å². The first kappa shape index (κ1) is 14.2. The van der Waals surface area contributed by atoms with Gasteiger partial charge in [-0.3, -0.25) is 9.78 Å². The second-order valence-electron chi connectivity index (χ2n) is 7.17. The van der Waals surface area contributed by atoms with Gasteiger partial charge in [0.1, 0.15) is 0 Å². The van der Waals surface area contributed by atoms with Crippen molar-refractivity contribution < 1.29 is 4.79 Å². The van der Waals surface area contributed by atoms with Gasteiger partial charge in [0, 0.05) is 36.9 Å². The number of carbonyl (C=O) groups is 1. The standard InChI is InChI=1S/C18H25N3O/c1-20-9-3-6-16(20)17-7-4-10-21(17)18(22)15-11-14(15)13-5-2-8-19-12-13/h2,5,8,12,14-17H,3-4,6-7,9-11H2,1H3/t14-,15-,16-,17+/m1/s1. The van der Waals surface area contributed by atoms with E-state index in [2.05, 4.69) is 27.9 Å². The van der Waals surface area contributed by atoms with Gasteiger partial charge >= 0.3 is 0 Å². The number of amides is 1. The van der Waals surface area contributed by atoms with Gasteiger partial charge in [-0.1, -0.05) is 6.07 Å². The van der Waals surface area contributed by atoms with Gasteiger partial charge in [-0.2, -0.15) is 0 Å². The molecular weight excluding hydrogens is 274 g/mol. The van der Waals surface area contributed by atoms with E-state index in [1.165, 1.54) is 37.8 Å². The number of nitrogens with zero attached hydrogens (tertiary/aromatic N) is 3. The average molecular weight is 299 g/mol. The number of rotatable bonds is 3. The minimum Gasteiger partial charge on any atom is -0.338 e. The van der Waals surface area contributed by atoms with E-state index in [-0.39, 0.29) is 5.92 Å². The van der Waals surface area contributed by atoms with E-state index in [0.717, 1.165) is 13.0 Å². The summed E-state index contributed by atoms with van der Waals surface area (Å²) in [6.45, 7) is 2.15. The van der Waals surface area contributed by atoms with Crippen molar-refractivity contribution in [3.63, 3.8) is 0 Å². The molecule has 3 fully saturated rings. The molecule has 0 radical (unpaired) electrons. The zero-order valence-electron chi connectivity index (χ0n) is 13.3. The molecule has 2 aliphatic heterocycles. The number of hydrogen-bond donors (Lipinski definition) is 0. The summed E-state index contributed by atoms with van der Waals surface area (Å²) < 4.78 is 0. The lowest BCUT2D eigenvalue weighted by Crippen LogP contribution is -2.47. The molecule has 1 aromatic rings. The molecule has 4 rings (SSSR count). The van der Waals surface area contributed by atoms with Crippen LogP contribution in [0.5, 0.6) is 0 Å². The number of hydrogen-bond acceptors (Lipinski definition) is 3. The highest BCUT2D eigenvalue weighted by molar-refractivity contribution is 5.83. The summed E-state index contributed by atoms with van der Waals surface area (Å²) in [5.41, 5.74) is 1.23. The maximum Gasteiger partial charge on any atom is 0.226 e. The first-order valence-electron chi connectivity index (χ1n) is 8.66. The zero-order chi connectivity index (χ0) is 15.1. The zero-order valence-corrected chi connectivity index (χ0v) is 13.3. The van der Waals surface area contributed by atoms with Crippen molar-refractivity contribution in [1.82, 2.24) is 14.8 Å². The van der Waals surface area contributed by atoms with E-state index in [1.807, 2.05) is 12.3 Å².